The minimum absolute atomic E-state index is 0.00775. The van der Waals surface area contributed by atoms with Crippen LogP contribution in [-0.4, -0.2) is 37.0 Å². The number of carbonyl (C=O) groups excluding carboxylic acids is 1. The minimum atomic E-state index is -4.32. The van der Waals surface area contributed by atoms with Crippen molar-refractivity contribution >= 4 is 5.91 Å². The molecule has 2 rings (SSSR count). The molecule has 6 heteroatoms. The fourth-order valence-corrected chi connectivity index (χ4v) is 2.82. The molecule has 0 bridgehead atoms. The van der Waals surface area contributed by atoms with E-state index in [1.54, 1.807) is 0 Å². The zero-order chi connectivity index (χ0) is 17.6. The van der Waals surface area contributed by atoms with E-state index >= 15 is 0 Å². The van der Waals surface area contributed by atoms with E-state index in [1.165, 1.54) is 12.1 Å². The van der Waals surface area contributed by atoms with Crippen molar-refractivity contribution in [1.29, 1.82) is 0 Å². The number of benzene rings is 1. The SMILES string of the molecule is C#CCN1CCC(C(=O)NCCc2ccc(C(F)(F)F)cc2)CC1. The molecule has 0 saturated carbocycles. The van der Waals surface area contributed by atoms with Crippen molar-refractivity contribution in [2.75, 3.05) is 26.2 Å². The van der Waals surface area contributed by atoms with Crippen LogP contribution in [0.25, 0.3) is 0 Å². The van der Waals surface area contributed by atoms with Gasteiger partial charge in [-0.1, -0.05) is 18.1 Å². The molecular formula is C18H21F3N2O. The van der Waals surface area contributed by atoms with Crippen LogP contribution in [0.4, 0.5) is 13.2 Å². The maximum Gasteiger partial charge on any atom is 0.416 e. The molecule has 1 aromatic rings. The molecule has 0 spiro atoms. The van der Waals surface area contributed by atoms with Gasteiger partial charge in [0, 0.05) is 12.5 Å². The number of rotatable bonds is 5. The van der Waals surface area contributed by atoms with Gasteiger partial charge in [0.2, 0.25) is 5.91 Å². The van der Waals surface area contributed by atoms with Crippen LogP contribution < -0.4 is 5.32 Å². The van der Waals surface area contributed by atoms with Crippen molar-refractivity contribution < 1.29 is 18.0 Å². The molecule has 0 radical (unpaired) electrons. The highest BCUT2D eigenvalue weighted by atomic mass is 19.4. The second kappa shape index (κ2) is 8.20. The summed E-state index contributed by atoms with van der Waals surface area (Å²) in [5.74, 6) is 2.61. The highest BCUT2D eigenvalue weighted by Crippen LogP contribution is 2.29. The first-order chi connectivity index (χ1) is 11.4. The van der Waals surface area contributed by atoms with Gasteiger partial charge in [0.25, 0.3) is 0 Å². The molecule has 1 aromatic carbocycles. The van der Waals surface area contributed by atoms with Gasteiger partial charge < -0.3 is 5.32 Å². The summed E-state index contributed by atoms with van der Waals surface area (Å²) in [5.41, 5.74) is 0.112. The van der Waals surface area contributed by atoms with Crippen LogP contribution in [0.15, 0.2) is 24.3 Å². The third kappa shape index (κ3) is 5.27. The first kappa shape index (κ1) is 18.3. The third-order valence-corrected chi connectivity index (χ3v) is 4.27. The fourth-order valence-electron chi connectivity index (χ4n) is 2.82. The number of hydrogen-bond acceptors (Lipinski definition) is 2. The molecule has 1 aliphatic rings. The Morgan fingerprint density at radius 2 is 1.88 bits per heavy atom. The molecule has 1 fully saturated rings. The van der Waals surface area contributed by atoms with Crippen LogP contribution in [0.3, 0.4) is 0 Å². The van der Waals surface area contributed by atoms with Gasteiger partial charge in [0.15, 0.2) is 0 Å². The van der Waals surface area contributed by atoms with E-state index in [1.807, 2.05) is 0 Å². The maximum atomic E-state index is 12.5. The first-order valence-electron chi connectivity index (χ1n) is 8.00. The van der Waals surface area contributed by atoms with Gasteiger partial charge in [-0.15, -0.1) is 6.42 Å². The predicted octanol–water partition coefficient (Wildman–Crippen LogP) is 2.71. The number of amides is 1. The second-order valence-corrected chi connectivity index (χ2v) is 5.99. The van der Waals surface area contributed by atoms with Crippen molar-refractivity contribution in [2.24, 2.45) is 5.92 Å². The van der Waals surface area contributed by atoms with Crippen LogP contribution >= 0.6 is 0 Å². The number of nitrogens with zero attached hydrogens (tertiary/aromatic N) is 1. The Balaban J connectivity index is 1.72. The summed E-state index contributed by atoms with van der Waals surface area (Å²) < 4.78 is 37.5. The van der Waals surface area contributed by atoms with Crippen molar-refractivity contribution in [3.05, 3.63) is 35.4 Å². The summed E-state index contributed by atoms with van der Waals surface area (Å²) in [4.78, 5) is 14.3. The molecule has 0 aliphatic carbocycles. The molecule has 0 aromatic heterocycles. The Morgan fingerprint density at radius 3 is 2.42 bits per heavy atom. The van der Waals surface area contributed by atoms with Crippen LogP contribution in [0.2, 0.25) is 0 Å². The van der Waals surface area contributed by atoms with E-state index in [0.717, 1.165) is 43.6 Å². The van der Waals surface area contributed by atoms with Crippen molar-refractivity contribution in [3.63, 3.8) is 0 Å². The number of hydrogen-bond donors (Lipinski definition) is 1. The number of piperidine rings is 1. The normalized spacial score (nSPS) is 16.6. The molecule has 1 heterocycles. The Morgan fingerprint density at radius 1 is 1.25 bits per heavy atom. The smallest absolute Gasteiger partial charge is 0.356 e. The predicted molar refractivity (Wildman–Crippen MR) is 86.2 cm³/mol. The van der Waals surface area contributed by atoms with E-state index < -0.39 is 11.7 Å². The van der Waals surface area contributed by atoms with E-state index in [4.69, 9.17) is 6.42 Å². The molecule has 1 N–H and O–H groups in total. The second-order valence-electron chi connectivity index (χ2n) is 5.99. The van der Waals surface area contributed by atoms with Gasteiger partial charge in [-0.25, -0.2) is 0 Å². The molecule has 1 amide bonds. The number of carbonyl (C=O) groups is 1. The number of nitrogens with one attached hydrogen (secondary N) is 1. The minimum Gasteiger partial charge on any atom is -0.356 e. The van der Waals surface area contributed by atoms with E-state index in [9.17, 15) is 18.0 Å². The molecular weight excluding hydrogens is 317 g/mol. The van der Waals surface area contributed by atoms with Crippen molar-refractivity contribution in [2.45, 2.75) is 25.4 Å². The van der Waals surface area contributed by atoms with Gasteiger partial charge >= 0.3 is 6.18 Å². The van der Waals surface area contributed by atoms with Crippen LogP contribution in [-0.2, 0) is 17.4 Å². The molecule has 1 aliphatic heterocycles. The Labute approximate surface area is 140 Å². The lowest BCUT2D eigenvalue weighted by molar-refractivity contribution is -0.137. The molecule has 0 atom stereocenters. The third-order valence-electron chi connectivity index (χ3n) is 4.27. The highest BCUT2D eigenvalue weighted by Gasteiger charge is 2.30. The number of halogens is 3. The van der Waals surface area contributed by atoms with Gasteiger partial charge in [-0.2, -0.15) is 13.2 Å². The quantitative estimate of drug-likeness (QED) is 0.838. The molecule has 0 unspecified atom stereocenters. The Bertz CT molecular complexity index is 582. The largest absolute Gasteiger partial charge is 0.416 e. The van der Waals surface area contributed by atoms with Gasteiger partial charge in [-0.3, -0.25) is 9.69 Å². The summed E-state index contributed by atoms with van der Waals surface area (Å²) in [6, 6.07) is 5.04. The van der Waals surface area contributed by atoms with E-state index in [0.29, 0.717) is 19.5 Å². The Kier molecular flexibility index (Phi) is 6.27. The summed E-state index contributed by atoms with van der Waals surface area (Å²) in [6.45, 7) is 2.68. The average Bonchev–Trinajstić information content (AvgIpc) is 2.55. The monoisotopic (exact) mass is 338 g/mol. The van der Waals surface area contributed by atoms with Crippen LogP contribution in [0.5, 0.6) is 0 Å². The maximum absolute atomic E-state index is 12.5. The fraction of sp³-hybridized carbons (Fsp3) is 0.500. The van der Waals surface area contributed by atoms with E-state index in [2.05, 4.69) is 16.1 Å². The lowest BCUT2D eigenvalue weighted by atomic mass is 9.96. The molecule has 130 valence electrons. The van der Waals surface area contributed by atoms with Gasteiger partial charge in [-0.05, 0) is 50.0 Å². The molecule has 3 nitrogen and oxygen atoms in total. The van der Waals surface area contributed by atoms with Gasteiger partial charge in [0.05, 0.1) is 12.1 Å². The summed E-state index contributed by atoms with van der Waals surface area (Å²) in [7, 11) is 0. The van der Waals surface area contributed by atoms with Crippen molar-refractivity contribution in [3.8, 4) is 12.3 Å². The summed E-state index contributed by atoms with van der Waals surface area (Å²) in [6.07, 6.45) is 3.04. The van der Waals surface area contributed by atoms with Crippen molar-refractivity contribution in [1.82, 2.24) is 10.2 Å². The standard InChI is InChI=1S/C18H21F3N2O/c1-2-11-23-12-8-15(9-13-23)17(24)22-10-7-14-3-5-16(6-4-14)18(19,20)21/h1,3-6,15H,7-13H2,(H,22,24). The number of likely N-dealkylation sites (tertiary alicyclic amines) is 1. The zero-order valence-electron chi connectivity index (χ0n) is 13.4. The lowest BCUT2D eigenvalue weighted by Gasteiger charge is -2.29. The van der Waals surface area contributed by atoms with Crippen LogP contribution in [0, 0.1) is 18.3 Å². The van der Waals surface area contributed by atoms with Crippen LogP contribution in [0.1, 0.15) is 24.0 Å². The van der Waals surface area contributed by atoms with E-state index in [-0.39, 0.29) is 11.8 Å². The first-order valence-corrected chi connectivity index (χ1v) is 8.00. The average molecular weight is 338 g/mol. The summed E-state index contributed by atoms with van der Waals surface area (Å²) in [5, 5.41) is 2.87. The number of terminal acetylenes is 1. The summed E-state index contributed by atoms with van der Waals surface area (Å²) >= 11 is 0. The highest BCUT2D eigenvalue weighted by molar-refractivity contribution is 5.78. The molecule has 24 heavy (non-hydrogen) atoms. The Hall–Kier alpha value is -2.00. The number of alkyl halides is 3. The topological polar surface area (TPSA) is 32.3 Å². The lowest BCUT2D eigenvalue weighted by Crippen LogP contribution is -2.41. The van der Waals surface area contributed by atoms with Gasteiger partial charge in [0.1, 0.15) is 0 Å². The molecule has 1 saturated heterocycles. The zero-order valence-corrected chi connectivity index (χ0v) is 13.4.